The molecule has 5 saturated carbocycles. The fourth-order valence-electron chi connectivity index (χ4n) is 6.54. The highest BCUT2D eigenvalue weighted by Crippen LogP contribution is 2.60. The van der Waals surface area contributed by atoms with Gasteiger partial charge in [0.15, 0.2) is 0 Å². The lowest BCUT2D eigenvalue weighted by Gasteiger charge is -2.55. The summed E-state index contributed by atoms with van der Waals surface area (Å²) in [5.41, 5.74) is 1.67. The molecule has 0 spiro atoms. The molecule has 1 aromatic rings. The van der Waals surface area contributed by atoms with Gasteiger partial charge in [-0.1, -0.05) is 12.1 Å². The molecule has 1 aromatic carbocycles. The monoisotopic (exact) mass is 380 g/mol. The summed E-state index contributed by atoms with van der Waals surface area (Å²) in [6, 6.07) is 7.95. The number of nitrogens with one attached hydrogen (secondary N) is 2. The van der Waals surface area contributed by atoms with Crippen molar-refractivity contribution in [2.75, 3.05) is 0 Å². The van der Waals surface area contributed by atoms with E-state index in [2.05, 4.69) is 17.6 Å². The zero-order valence-corrected chi connectivity index (χ0v) is 16.9. The van der Waals surface area contributed by atoms with Crippen LogP contribution in [0.15, 0.2) is 24.3 Å². The minimum atomic E-state index is -0.0898. The zero-order chi connectivity index (χ0) is 19.3. The van der Waals surface area contributed by atoms with Crippen LogP contribution in [0.5, 0.6) is 0 Å². The van der Waals surface area contributed by atoms with Crippen molar-refractivity contribution in [3.8, 4) is 0 Å². The Morgan fingerprint density at radius 2 is 1.57 bits per heavy atom. The fourth-order valence-corrected chi connectivity index (χ4v) is 6.54. The molecule has 28 heavy (non-hydrogen) atoms. The first-order valence-corrected chi connectivity index (χ1v) is 11.2. The van der Waals surface area contributed by atoms with Crippen molar-refractivity contribution in [2.24, 2.45) is 29.1 Å². The van der Waals surface area contributed by atoms with Gasteiger partial charge >= 0.3 is 0 Å². The summed E-state index contributed by atoms with van der Waals surface area (Å²) in [5.74, 6) is 3.28. The minimum Gasteiger partial charge on any atom is -0.352 e. The van der Waals surface area contributed by atoms with E-state index in [-0.39, 0.29) is 23.3 Å². The van der Waals surface area contributed by atoms with Crippen LogP contribution in [0.3, 0.4) is 0 Å². The van der Waals surface area contributed by atoms with Crippen molar-refractivity contribution in [1.29, 1.82) is 0 Å². The van der Waals surface area contributed by atoms with Crippen molar-refractivity contribution < 1.29 is 9.59 Å². The van der Waals surface area contributed by atoms with E-state index in [4.69, 9.17) is 0 Å². The molecule has 0 saturated heterocycles. The van der Waals surface area contributed by atoms with Gasteiger partial charge < -0.3 is 10.6 Å². The smallest absolute Gasteiger partial charge is 0.251 e. The lowest BCUT2D eigenvalue weighted by molar-refractivity contribution is -0.146. The Morgan fingerprint density at radius 3 is 2.11 bits per heavy atom. The van der Waals surface area contributed by atoms with E-state index in [0.29, 0.717) is 18.0 Å². The zero-order valence-electron chi connectivity index (χ0n) is 16.9. The number of rotatable bonds is 6. The number of carbonyl (C=O) groups excluding carboxylic acids is 2. The van der Waals surface area contributed by atoms with Gasteiger partial charge in [-0.05, 0) is 99.7 Å². The minimum absolute atomic E-state index is 0.00329. The molecule has 1 atom stereocenters. The van der Waals surface area contributed by atoms with Gasteiger partial charge in [0.1, 0.15) is 0 Å². The maximum atomic E-state index is 13.1. The van der Waals surface area contributed by atoms with Crippen LogP contribution in [0.4, 0.5) is 0 Å². The molecule has 4 heteroatoms. The molecule has 6 rings (SSSR count). The van der Waals surface area contributed by atoms with Gasteiger partial charge in [-0.2, -0.15) is 0 Å². The number of hydrogen-bond acceptors (Lipinski definition) is 2. The van der Waals surface area contributed by atoms with Crippen molar-refractivity contribution in [3.05, 3.63) is 35.4 Å². The molecule has 0 aromatic heterocycles. The van der Waals surface area contributed by atoms with Crippen LogP contribution in [0.25, 0.3) is 0 Å². The van der Waals surface area contributed by atoms with E-state index in [0.717, 1.165) is 42.6 Å². The van der Waals surface area contributed by atoms with E-state index in [1.807, 2.05) is 24.3 Å². The Labute approximate surface area is 167 Å². The highest BCUT2D eigenvalue weighted by molar-refractivity contribution is 5.94. The molecule has 5 fully saturated rings. The summed E-state index contributed by atoms with van der Waals surface area (Å²) < 4.78 is 0. The van der Waals surface area contributed by atoms with Crippen LogP contribution < -0.4 is 10.6 Å². The van der Waals surface area contributed by atoms with Gasteiger partial charge in [-0.3, -0.25) is 9.59 Å². The Hall–Kier alpha value is -1.84. The third-order valence-corrected chi connectivity index (χ3v) is 7.88. The predicted octanol–water partition coefficient (Wildman–Crippen LogP) is 4.05. The van der Waals surface area contributed by atoms with Gasteiger partial charge in [0.2, 0.25) is 5.91 Å². The maximum Gasteiger partial charge on any atom is 0.251 e. The van der Waals surface area contributed by atoms with E-state index in [1.165, 1.54) is 32.1 Å². The molecule has 2 N–H and O–H groups in total. The van der Waals surface area contributed by atoms with Crippen LogP contribution in [0.1, 0.15) is 74.2 Å². The Bertz CT molecular complexity index is 730. The molecule has 0 heterocycles. The second-order valence-corrected chi connectivity index (χ2v) is 10.2. The van der Waals surface area contributed by atoms with Gasteiger partial charge in [0.25, 0.3) is 5.91 Å². The number of carbonyl (C=O) groups is 2. The van der Waals surface area contributed by atoms with E-state index >= 15 is 0 Å². The lowest BCUT2D eigenvalue weighted by Crippen LogP contribution is -2.53. The van der Waals surface area contributed by atoms with E-state index in [1.54, 1.807) is 0 Å². The summed E-state index contributed by atoms with van der Waals surface area (Å²) in [5, 5.41) is 6.31. The van der Waals surface area contributed by atoms with Crippen molar-refractivity contribution >= 4 is 11.8 Å². The molecule has 2 amide bonds. The standard InChI is InChI=1S/C24H32N2O2/c1-15(20-6-7-20)26-22(27)21-4-2-16(3-5-21)14-25-23(28)24-11-17-8-18(12-24)10-19(9-17)13-24/h2-5,15,17-20H,6-14H2,1H3,(H,25,28)(H,26,27). The normalized spacial score (nSPS) is 34.1. The van der Waals surface area contributed by atoms with Crippen molar-refractivity contribution in [1.82, 2.24) is 10.6 Å². The molecule has 5 aliphatic rings. The molecular formula is C24H32N2O2. The molecule has 150 valence electrons. The average Bonchev–Trinajstić information content (AvgIpc) is 3.50. The molecular weight excluding hydrogens is 348 g/mol. The number of benzene rings is 1. The van der Waals surface area contributed by atoms with Crippen LogP contribution in [-0.2, 0) is 11.3 Å². The summed E-state index contributed by atoms with van der Waals surface area (Å²) in [7, 11) is 0. The average molecular weight is 381 g/mol. The first-order valence-electron chi connectivity index (χ1n) is 11.2. The van der Waals surface area contributed by atoms with Crippen molar-refractivity contribution in [3.63, 3.8) is 0 Å². The lowest BCUT2D eigenvalue weighted by atomic mass is 9.49. The quantitative estimate of drug-likeness (QED) is 0.782. The molecule has 1 unspecified atom stereocenters. The number of hydrogen-bond donors (Lipinski definition) is 2. The first kappa shape index (κ1) is 18.2. The molecule has 5 aliphatic carbocycles. The maximum absolute atomic E-state index is 13.1. The molecule has 4 nitrogen and oxygen atoms in total. The Morgan fingerprint density at radius 1 is 1.00 bits per heavy atom. The fraction of sp³-hybridized carbons (Fsp3) is 0.667. The second kappa shape index (κ2) is 6.89. The molecule has 0 radical (unpaired) electrons. The summed E-state index contributed by atoms with van der Waals surface area (Å²) in [6.07, 6.45) is 9.82. The van der Waals surface area contributed by atoms with Crippen LogP contribution >= 0.6 is 0 Å². The third-order valence-electron chi connectivity index (χ3n) is 7.88. The van der Waals surface area contributed by atoms with Crippen LogP contribution in [0.2, 0.25) is 0 Å². The summed E-state index contributed by atoms with van der Waals surface area (Å²) in [4.78, 5) is 25.4. The number of amides is 2. The molecule has 4 bridgehead atoms. The van der Waals surface area contributed by atoms with Crippen LogP contribution in [-0.4, -0.2) is 17.9 Å². The first-order chi connectivity index (χ1) is 13.5. The van der Waals surface area contributed by atoms with Gasteiger partial charge in [0, 0.05) is 23.6 Å². The predicted molar refractivity (Wildman–Crippen MR) is 109 cm³/mol. The highest BCUT2D eigenvalue weighted by atomic mass is 16.2. The van der Waals surface area contributed by atoms with Gasteiger partial charge in [-0.15, -0.1) is 0 Å². The topological polar surface area (TPSA) is 58.2 Å². The highest BCUT2D eigenvalue weighted by Gasteiger charge is 2.54. The summed E-state index contributed by atoms with van der Waals surface area (Å²) in [6.45, 7) is 2.64. The SMILES string of the molecule is CC(NC(=O)c1ccc(CNC(=O)C23CC4CC(CC(C4)C2)C3)cc1)C1CC1. The second-order valence-electron chi connectivity index (χ2n) is 10.2. The summed E-state index contributed by atoms with van der Waals surface area (Å²) >= 11 is 0. The molecule has 0 aliphatic heterocycles. The Kier molecular flexibility index (Phi) is 4.48. The van der Waals surface area contributed by atoms with Gasteiger partial charge in [0.05, 0.1) is 0 Å². The Balaban J connectivity index is 1.17. The largest absolute Gasteiger partial charge is 0.352 e. The van der Waals surface area contributed by atoms with Gasteiger partial charge in [-0.25, -0.2) is 0 Å². The van der Waals surface area contributed by atoms with Crippen LogP contribution in [0, 0.1) is 29.1 Å². The van der Waals surface area contributed by atoms with E-state index < -0.39 is 0 Å². The van der Waals surface area contributed by atoms with Crippen molar-refractivity contribution in [2.45, 2.75) is 70.9 Å². The van der Waals surface area contributed by atoms with E-state index in [9.17, 15) is 9.59 Å². The third kappa shape index (κ3) is 3.46.